The van der Waals surface area contributed by atoms with E-state index in [9.17, 15) is 4.79 Å². The largest absolute Gasteiger partial charge is 0.478 e. The van der Waals surface area contributed by atoms with Crippen LogP contribution in [0.2, 0.25) is 0 Å². The van der Waals surface area contributed by atoms with Crippen LogP contribution in [-0.4, -0.2) is 24.2 Å². The number of carbonyl (C=O) groups is 1. The maximum atomic E-state index is 9.80. The molecule has 0 aromatic carbocycles. The fourth-order valence-corrected chi connectivity index (χ4v) is 0.297. The second-order valence-electron chi connectivity index (χ2n) is 1.41. The fourth-order valence-electron chi connectivity index (χ4n) is 0.297. The molecule has 0 bridgehead atoms. The summed E-state index contributed by atoms with van der Waals surface area (Å²) >= 11 is 0. The Morgan fingerprint density at radius 2 is 2.44 bits per heavy atom. The minimum absolute atomic E-state index is 0.504. The SMILES string of the molecule is NCCNC=CC(=O)O. The van der Waals surface area contributed by atoms with Gasteiger partial charge >= 0.3 is 5.97 Å². The Bertz CT molecular complexity index is 112. The van der Waals surface area contributed by atoms with Gasteiger partial charge in [0.1, 0.15) is 0 Å². The van der Waals surface area contributed by atoms with Gasteiger partial charge in [0.05, 0.1) is 0 Å². The molecule has 0 aliphatic rings. The van der Waals surface area contributed by atoms with Crippen molar-refractivity contribution in [2.45, 2.75) is 0 Å². The highest BCUT2D eigenvalue weighted by molar-refractivity contribution is 5.79. The van der Waals surface area contributed by atoms with Crippen molar-refractivity contribution in [2.75, 3.05) is 13.1 Å². The van der Waals surface area contributed by atoms with E-state index in [4.69, 9.17) is 10.8 Å². The van der Waals surface area contributed by atoms with Crippen LogP contribution in [-0.2, 0) is 4.79 Å². The molecule has 0 amide bonds. The van der Waals surface area contributed by atoms with Gasteiger partial charge in [0.25, 0.3) is 0 Å². The van der Waals surface area contributed by atoms with Crippen molar-refractivity contribution in [1.29, 1.82) is 0 Å². The number of carboxylic acids is 1. The van der Waals surface area contributed by atoms with Crippen molar-refractivity contribution in [3.8, 4) is 0 Å². The lowest BCUT2D eigenvalue weighted by Gasteiger charge is -1.92. The van der Waals surface area contributed by atoms with Gasteiger partial charge in [-0.15, -0.1) is 0 Å². The van der Waals surface area contributed by atoms with Gasteiger partial charge in [-0.05, 0) is 0 Å². The van der Waals surface area contributed by atoms with Crippen molar-refractivity contribution in [3.05, 3.63) is 12.3 Å². The van der Waals surface area contributed by atoms with Crippen molar-refractivity contribution >= 4 is 5.97 Å². The molecule has 0 aromatic heterocycles. The van der Waals surface area contributed by atoms with E-state index >= 15 is 0 Å². The Labute approximate surface area is 53.4 Å². The maximum Gasteiger partial charge on any atom is 0.329 e. The van der Waals surface area contributed by atoms with E-state index in [1.807, 2.05) is 0 Å². The van der Waals surface area contributed by atoms with Gasteiger partial charge in [-0.25, -0.2) is 4.79 Å². The Balaban J connectivity index is 3.15. The number of aliphatic carboxylic acids is 1. The summed E-state index contributed by atoms with van der Waals surface area (Å²) in [6.45, 7) is 1.10. The fraction of sp³-hybridized carbons (Fsp3) is 0.400. The number of nitrogens with one attached hydrogen (secondary N) is 1. The monoisotopic (exact) mass is 130 g/mol. The van der Waals surface area contributed by atoms with Gasteiger partial charge in [-0.3, -0.25) is 0 Å². The summed E-state index contributed by atoms with van der Waals surface area (Å²) in [5, 5.41) is 10.7. The number of nitrogens with two attached hydrogens (primary N) is 1. The smallest absolute Gasteiger partial charge is 0.329 e. The Morgan fingerprint density at radius 1 is 1.78 bits per heavy atom. The normalized spacial score (nSPS) is 9.89. The highest BCUT2D eigenvalue weighted by Crippen LogP contribution is 1.65. The molecule has 0 unspecified atom stereocenters. The van der Waals surface area contributed by atoms with Crippen LogP contribution in [0.1, 0.15) is 0 Å². The van der Waals surface area contributed by atoms with Crippen LogP contribution < -0.4 is 11.1 Å². The molecule has 0 spiro atoms. The molecule has 0 radical (unpaired) electrons. The molecule has 0 aromatic rings. The molecule has 0 atom stereocenters. The Hall–Kier alpha value is -1.03. The minimum atomic E-state index is -0.959. The zero-order valence-corrected chi connectivity index (χ0v) is 5.00. The van der Waals surface area contributed by atoms with Gasteiger partial charge in [-0.2, -0.15) is 0 Å². The lowest BCUT2D eigenvalue weighted by atomic mass is 10.6. The summed E-state index contributed by atoms with van der Waals surface area (Å²) in [6.07, 6.45) is 2.38. The van der Waals surface area contributed by atoms with Gasteiger partial charge in [-0.1, -0.05) is 0 Å². The average molecular weight is 130 g/mol. The lowest BCUT2D eigenvalue weighted by molar-refractivity contribution is -0.131. The molecule has 52 valence electrons. The van der Waals surface area contributed by atoms with Crippen molar-refractivity contribution in [1.82, 2.24) is 5.32 Å². The molecule has 0 saturated carbocycles. The van der Waals surface area contributed by atoms with E-state index in [-0.39, 0.29) is 0 Å². The van der Waals surface area contributed by atoms with Crippen LogP contribution in [0.5, 0.6) is 0 Å². The lowest BCUT2D eigenvalue weighted by Crippen LogP contribution is -2.17. The van der Waals surface area contributed by atoms with E-state index in [1.54, 1.807) is 0 Å². The number of carboxylic acid groups (broad SMARTS) is 1. The van der Waals surface area contributed by atoms with E-state index in [0.29, 0.717) is 13.1 Å². The van der Waals surface area contributed by atoms with Gasteiger partial charge in [0, 0.05) is 25.4 Å². The molecule has 0 fully saturated rings. The summed E-state index contributed by atoms with van der Waals surface area (Å²) in [5.74, 6) is -0.959. The standard InChI is InChI=1S/C5H10N2O2/c6-2-4-7-3-1-5(8)9/h1,3,7H,2,4,6H2,(H,8,9). The second kappa shape index (κ2) is 5.11. The molecular weight excluding hydrogens is 120 g/mol. The molecule has 4 nitrogen and oxygen atoms in total. The average Bonchev–Trinajstić information content (AvgIpc) is 1.80. The first-order chi connectivity index (χ1) is 4.27. The summed E-state index contributed by atoms with van der Waals surface area (Å²) in [6, 6.07) is 0. The van der Waals surface area contributed by atoms with Crippen molar-refractivity contribution in [3.63, 3.8) is 0 Å². The molecule has 0 aliphatic heterocycles. The van der Waals surface area contributed by atoms with Gasteiger partial charge in [0.15, 0.2) is 0 Å². The zero-order chi connectivity index (χ0) is 7.11. The molecule has 4 heteroatoms. The van der Waals surface area contributed by atoms with Crippen LogP contribution >= 0.6 is 0 Å². The Kier molecular flexibility index (Phi) is 4.53. The molecule has 0 rings (SSSR count). The molecule has 4 N–H and O–H groups in total. The molecule has 0 aliphatic carbocycles. The second-order valence-corrected chi connectivity index (χ2v) is 1.41. The third-order valence-electron chi connectivity index (χ3n) is 0.632. The van der Waals surface area contributed by atoms with E-state index < -0.39 is 5.97 Å². The van der Waals surface area contributed by atoms with E-state index in [2.05, 4.69) is 5.32 Å². The predicted molar refractivity (Wildman–Crippen MR) is 33.8 cm³/mol. The van der Waals surface area contributed by atoms with Crippen LogP contribution in [0, 0.1) is 0 Å². The highest BCUT2D eigenvalue weighted by atomic mass is 16.4. The summed E-state index contributed by atoms with van der Waals surface area (Å²) in [7, 11) is 0. The maximum absolute atomic E-state index is 9.80. The quantitative estimate of drug-likeness (QED) is 0.341. The first-order valence-corrected chi connectivity index (χ1v) is 2.60. The van der Waals surface area contributed by atoms with E-state index in [1.165, 1.54) is 6.20 Å². The molecular formula is C5H10N2O2. The first kappa shape index (κ1) is 7.97. The summed E-state index contributed by atoms with van der Waals surface area (Å²) < 4.78 is 0. The third-order valence-corrected chi connectivity index (χ3v) is 0.632. The summed E-state index contributed by atoms with van der Waals surface area (Å²) in [4.78, 5) is 9.80. The number of hydrogen-bond donors (Lipinski definition) is 3. The van der Waals surface area contributed by atoms with Crippen LogP contribution in [0.25, 0.3) is 0 Å². The number of rotatable bonds is 4. The summed E-state index contributed by atoms with van der Waals surface area (Å²) in [5.41, 5.74) is 5.10. The van der Waals surface area contributed by atoms with E-state index in [0.717, 1.165) is 6.08 Å². The van der Waals surface area contributed by atoms with Gasteiger partial charge in [0.2, 0.25) is 0 Å². The third kappa shape index (κ3) is 6.97. The predicted octanol–water partition coefficient (Wildman–Crippen LogP) is -0.867. The van der Waals surface area contributed by atoms with Gasteiger partial charge < -0.3 is 16.2 Å². The topological polar surface area (TPSA) is 75.3 Å². The van der Waals surface area contributed by atoms with Crippen LogP contribution in [0.15, 0.2) is 12.3 Å². The first-order valence-electron chi connectivity index (χ1n) is 2.60. The van der Waals surface area contributed by atoms with Crippen LogP contribution in [0.3, 0.4) is 0 Å². The van der Waals surface area contributed by atoms with Crippen LogP contribution in [0.4, 0.5) is 0 Å². The number of hydrogen-bond acceptors (Lipinski definition) is 3. The minimum Gasteiger partial charge on any atom is -0.478 e. The molecule has 9 heavy (non-hydrogen) atoms. The zero-order valence-electron chi connectivity index (χ0n) is 5.00. The molecule has 0 heterocycles. The Morgan fingerprint density at radius 3 is 2.89 bits per heavy atom. The highest BCUT2D eigenvalue weighted by Gasteiger charge is 1.81. The van der Waals surface area contributed by atoms with Crippen molar-refractivity contribution in [2.24, 2.45) is 5.73 Å². The molecule has 0 saturated heterocycles. The van der Waals surface area contributed by atoms with Crippen molar-refractivity contribution < 1.29 is 9.90 Å².